The van der Waals surface area contributed by atoms with Crippen molar-refractivity contribution >= 4 is 0 Å². The van der Waals surface area contributed by atoms with E-state index >= 15 is 0 Å². The third-order valence-electron chi connectivity index (χ3n) is 3.41. The molecule has 0 saturated heterocycles. The van der Waals surface area contributed by atoms with Crippen molar-refractivity contribution in [3.63, 3.8) is 0 Å². The zero-order valence-electron chi connectivity index (χ0n) is 13.7. The van der Waals surface area contributed by atoms with E-state index in [2.05, 4.69) is 41.5 Å². The van der Waals surface area contributed by atoms with E-state index in [4.69, 9.17) is 4.74 Å². The summed E-state index contributed by atoms with van der Waals surface area (Å²) in [5.74, 6) is 0.591. The summed E-state index contributed by atoms with van der Waals surface area (Å²) in [4.78, 5) is 0. The lowest BCUT2D eigenvalue weighted by Crippen LogP contribution is -2.44. The minimum Gasteiger partial charge on any atom is -0.365 e. The number of hydrogen-bond donors (Lipinski definition) is 1. The lowest BCUT2D eigenvalue weighted by molar-refractivity contribution is -0.271. The van der Waals surface area contributed by atoms with Gasteiger partial charge in [-0.05, 0) is 24.2 Å². The van der Waals surface area contributed by atoms with Gasteiger partial charge >= 0.3 is 0 Å². The Morgan fingerprint density at radius 2 is 1.39 bits per heavy atom. The summed E-state index contributed by atoms with van der Waals surface area (Å²) in [7, 11) is 0. The molecule has 1 N–H and O–H groups in total. The van der Waals surface area contributed by atoms with Gasteiger partial charge in [-0.25, -0.2) is 0 Å². The van der Waals surface area contributed by atoms with Gasteiger partial charge in [0.2, 0.25) is 0 Å². The molecule has 0 spiro atoms. The number of rotatable bonds is 8. The monoisotopic (exact) mass is 258 g/mol. The minimum atomic E-state index is -0.988. The summed E-state index contributed by atoms with van der Waals surface area (Å²) in [6.07, 6.45) is 1.84. The van der Waals surface area contributed by atoms with Crippen LogP contribution in [0.5, 0.6) is 0 Å². The van der Waals surface area contributed by atoms with E-state index in [1.54, 1.807) is 0 Å². The van der Waals surface area contributed by atoms with Crippen molar-refractivity contribution < 1.29 is 9.84 Å². The van der Waals surface area contributed by atoms with Crippen LogP contribution in [0.15, 0.2) is 0 Å². The van der Waals surface area contributed by atoms with Crippen LogP contribution in [-0.2, 0) is 4.74 Å². The summed E-state index contributed by atoms with van der Waals surface area (Å²) >= 11 is 0. The van der Waals surface area contributed by atoms with Crippen LogP contribution < -0.4 is 0 Å². The Balaban J connectivity index is 4.81. The maximum absolute atomic E-state index is 10.8. The Kier molecular flexibility index (Phi) is 7.46. The molecule has 0 saturated carbocycles. The smallest absolute Gasteiger partial charge is 0.168 e. The van der Waals surface area contributed by atoms with Crippen molar-refractivity contribution in [1.82, 2.24) is 0 Å². The first-order valence-corrected chi connectivity index (χ1v) is 7.48. The molecule has 0 fully saturated rings. The Hall–Kier alpha value is -0.0800. The van der Waals surface area contributed by atoms with E-state index in [1.165, 1.54) is 0 Å². The molecule has 0 aromatic heterocycles. The molecule has 0 amide bonds. The highest BCUT2D eigenvalue weighted by atomic mass is 16.6. The third kappa shape index (κ3) is 6.19. The van der Waals surface area contributed by atoms with E-state index in [-0.39, 0.29) is 12.0 Å². The topological polar surface area (TPSA) is 29.5 Å². The largest absolute Gasteiger partial charge is 0.365 e. The fraction of sp³-hybridized carbons (Fsp3) is 1.00. The number of aliphatic hydroxyl groups is 1. The van der Waals surface area contributed by atoms with Gasteiger partial charge < -0.3 is 9.84 Å². The van der Waals surface area contributed by atoms with Crippen molar-refractivity contribution in [3.05, 3.63) is 0 Å². The van der Waals surface area contributed by atoms with Gasteiger partial charge in [0, 0.05) is 12.3 Å². The van der Waals surface area contributed by atoms with Crippen LogP contribution >= 0.6 is 0 Å². The molecule has 2 heteroatoms. The first-order valence-electron chi connectivity index (χ1n) is 7.48. The van der Waals surface area contributed by atoms with Crippen molar-refractivity contribution in [1.29, 1.82) is 0 Å². The first-order chi connectivity index (χ1) is 8.08. The molecule has 0 aliphatic heterocycles. The van der Waals surface area contributed by atoms with E-state index < -0.39 is 5.79 Å². The van der Waals surface area contributed by atoms with Gasteiger partial charge in [-0.2, -0.15) is 0 Å². The highest BCUT2D eigenvalue weighted by Crippen LogP contribution is 2.31. The Morgan fingerprint density at radius 3 is 1.67 bits per heavy atom. The normalized spacial score (nSPS) is 17.8. The molecule has 0 aromatic carbocycles. The predicted octanol–water partition coefficient (Wildman–Crippen LogP) is 4.46. The summed E-state index contributed by atoms with van der Waals surface area (Å²) in [6, 6.07) is 0. The molecule has 110 valence electrons. The molecule has 2 atom stereocenters. The van der Waals surface area contributed by atoms with Gasteiger partial charge in [0.15, 0.2) is 5.79 Å². The van der Waals surface area contributed by atoms with Crippen LogP contribution in [0.3, 0.4) is 0 Å². The molecule has 2 unspecified atom stereocenters. The maximum Gasteiger partial charge on any atom is 0.168 e. The number of ether oxygens (including phenoxy) is 1. The quantitative estimate of drug-likeness (QED) is 0.651. The Labute approximate surface area is 114 Å². The fourth-order valence-corrected chi connectivity index (χ4v) is 2.19. The highest BCUT2D eigenvalue weighted by molar-refractivity contribution is 4.77. The van der Waals surface area contributed by atoms with Gasteiger partial charge in [-0.1, -0.05) is 55.4 Å². The van der Waals surface area contributed by atoms with Gasteiger partial charge in [-0.3, -0.25) is 0 Å². The molecule has 0 radical (unpaired) electrons. The second kappa shape index (κ2) is 7.49. The first kappa shape index (κ1) is 17.9. The van der Waals surface area contributed by atoms with Crippen molar-refractivity contribution in [3.8, 4) is 0 Å². The molecule has 0 aromatic rings. The predicted molar refractivity (Wildman–Crippen MR) is 78.4 cm³/mol. The molecular weight excluding hydrogens is 224 g/mol. The molecule has 18 heavy (non-hydrogen) atoms. The molecular formula is C16H34O2. The summed E-state index contributed by atoms with van der Waals surface area (Å²) in [6.45, 7) is 17.1. The van der Waals surface area contributed by atoms with E-state index in [0.717, 1.165) is 6.42 Å². The average molecular weight is 258 g/mol. The van der Waals surface area contributed by atoms with Crippen LogP contribution in [0.25, 0.3) is 0 Å². The lowest BCUT2D eigenvalue weighted by Gasteiger charge is -2.39. The molecule has 0 bridgehead atoms. The van der Waals surface area contributed by atoms with E-state index in [1.807, 2.05) is 13.8 Å². The zero-order valence-corrected chi connectivity index (χ0v) is 13.7. The SMILES string of the molecule is CC(C)CC(OC(O)(CC(C)C)C(C)C)C(C)C. The maximum atomic E-state index is 10.8. The fourth-order valence-electron chi connectivity index (χ4n) is 2.19. The molecule has 2 nitrogen and oxygen atoms in total. The highest BCUT2D eigenvalue weighted by Gasteiger charge is 2.36. The number of hydrogen-bond acceptors (Lipinski definition) is 2. The van der Waals surface area contributed by atoms with Gasteiger partial charge in [0.25, 0.3) is 0 Å². The molecule has 0 rings (SSSR count). The molecule has 0 aliphatic carbocycles. The summed E-state index contributed by atoms with van der Waals surface area (Å²) in [5, 5.41) is 10.8. The Morgan fingerprint density at radius 1 is 0.889 bits per heavy atom. The van der Waals surface area contributed by atoms with Crippen LogP contribution in [0.4, 0.5) is 0 Å². The van der Waals surface area contributed by atoms with Gasteiger partial charge in [0.1, 0.15) is 0 Å². The van der Waals surface area contributed by atoms with Crippen molar-refractivity contribution in [2.75, 3.05) is 0 Å². The van der Waals surface area contributed by atoms with Crippen LogP contribution in [0.1, 0.15) is 68.2 Å². The lowest BCUT2D eigenvalue weighted by atomic mass is 9.91. The molecule has 0 aliphatic rings. The summed E-state index contributed by atoms with van der Waals surface area (Å²) in [5.41, 5.74) is 0. The van der Waals surface area contributed by atoms with Gasteiger partial charge in [0.05, 0.1) is 6.10 Å². The van der Waals surface area contributed by atoms with E-state index in [0.29, 0.717) is 24.2 Å². The van der Waals surface area contributed by atoms with Crippen molar-refractivity contribution in [2.24, 2.45) is 23.7 Å². The Bertz CT molecular complexity index is 221. The zero-order chi connectivity index (χ0) is 14.5. The van der Waals surface area contributed by atoms with E-state index in [9.17, 15) is 5.11 Å². The summed E-state index contributed by atoms with van der Waals surface area (Å²) < 4.78 is 6.14. The van der Waals surface area contributed by atoms with Crippen LogP contribution in [-0.4, -0.2) is 17.0 Å². The van der Waals surface area contributed by atoms with Crippen molar-refractivity contribution in [2.45, 2.75) is 80.1 Å². The van der Waals surface area contributed by atoms with Crippen LogP contribution in [0.2, 0.25) is 0 Å². The third-order valence-corrected chi connectivity index (χ3v) is 3.41. The van der Waals surface area contributed by atoms with Crippen LogP contribution in [0, 0.1) is 23.7 Å². The second-order valence-corrected chi connectivity index (χ2v) is 7.13. The molecule has 0 heterocycles. The average Bonchev–Trinajstić information content (AvgIpc) is 2.13. The standard InChI is InChI=1S/C16H34O2/c1-11(2)9-15(13(5)6)18-16(17,14(7)8)10-12(3)4/h11-15,17H,9-10H2,1-8H3. The van der Waals surface area contributed by atoms with Gasteiger partial charge in [-0.15, -0.1) is 0 Å². The minimum absolute atomic E-state index is 0.119. The second-order valence-electron chi connectivity index (χ2n) is 7.13.